The Morgan fingerprint density at radius 2 is 1.74 bits per heavy atom. The van der Waals surface area contributed by atoms with Crippen molar-refractivity contribution in [2.75, 3.05) is 13.9 Å². The van der Waals surface area contributed by atoms with Crippen LogP contribution in [-0.2, 0) is 41.6 Å². The molecule has 0 saturated carbocycles. The van der Waals surface area contributed by atoms with Crippen LogP contribution >= 0.6 is 0 Å². The van der Waals surface area contributed by atoms with E-state index in [-0.39, 0.29) is 37.0 Å². The molecule has 2 aliphatic rings. The Hall–Kier alpha value is -5.33. The number of cyclic esters (lactones) is 2. The van der Waals surface area contributed by atoms with Crippen LogP contribution in [0.4, 0.5) is 0 Å². The molecule has 3 heterocycles. The lowest BCUT2D eigenvalue weighted by molar-refractivity contribution is -0.199. The molecule has 1 saturated heterocycles. The van der Waals surface area contributed by atoms with E-state index in [9.17, 15) is 19.2 Å². The average molecular weight is 649 g/mol. The highest BCUT2D eigenvalue weighted by Gasteiger charge is 2.42. The fraction of sp³-hybridized carbons (Fsp3) is 0.382. The van der Waals surface area contributed by atoms with E-state index in [1.54, 1.807) is 39.0 Å². The van der Waals surface area contributed by atoms with Crippen LogP contribution in [0.5, 0.6) is 23.0 Å². The first kappa shape index (κ1) is 33.0. The van der Waals surface area contributed by atoms with Crippen LogP contribution < -0.4 is 24.3 Å². The zero-order valence-corrected chi connectivity index (χ0v) is 26.4. The number of benzene rings is 2. The minimum Gasteiger partial charge on any atom is -0.493 e. The van der Waals surface area contributed by atoms with Gasteiger partial charge in [0, 0.05) is 12.3 Å². The molecule has 1 amide bonds. The summed E-state index contributed by atoms with van der Waals surface area (Å²) < 4.78 is 39.0. The molecule has 1 unspecified atom stereocenters. The van der Waals surface area contributed by atoms with E-state index in [2.05, 4.69) is 10.3 Å². The molecule has 1 N–H and O–H groups in total. The Bertz CT molecular complexity index is 1610. The fourth-order valence-corrected chi connectivity index (χ4v) is 5.03. The van der Waals surface area contributed by atoms with Gasteiger partial charge in [-0.1, -0.05) is 50.2 Å². The van der Waals surface area contributed by atoms with Crippen LogP contribution in [-0.4, -0.2) is 61.1 Å². The topological polar surface area (TPSA) is 158 Å². The minimum absolute atomic E-state index is 0.00298. The van der Waals surface area contributed by atoms with Crippen LogP contribution in [0, 0.1) is 11.8 Å². The molecule has 248 valence electrons. The molecule has 0 radical (unpaired) electrons. The Labute approximate surface area is 271 Å². The maximum absolute atomic E-state index is 13.8. The predicted octanol–water partition coefficient (Wildman–Crippen LogP) is 3.76. The first-order chi connectivity index (χ1) is 22.6. The van der Waals surface area contributed by atoms with Crippen molar-refractivity contribution in [3.8, 4) is 23.0 Å². The molecular weight excluding hydrogens is 612 g/mol. The number of nitrogens with zero attached hydrogens (tertiary/aromatic N) is 1. The number of methoxy groups -OCH3 is 1. The number of nitrogens with one attached hydrogen (secondary N) is 1. The number of carbonyl (C=O) groups is 4. The van der Waals surface area contributed by atoms with E-state index in [1.807, 2.05) is 30.3 Å². The first-order valence-corrected chi connectivity index (χ1v) is 15.1. The Balaban J connectivity index is 1.41. The Morgan fingerprint density at radius 3 is 2.49 bits per heavy atom. The number of ether oxygens (including phenoxy) is 7. The number of pyridine rings is 1. The van der Waals surface area contributed by atoms with E-state index in [1.165, 1.54) is 19.4 Å². The normalized spacial score (nSPS) is 20.6. The van der Waals surface area contributed by atoms with Gasteiger partial charge in [0.1, 0.15) is 6.61 Å². The van der Waals surface area contributed by atoms with Crippen LogP contribution in [0.2, 0.25) is 0 Å². The van der Waals surface area contributed by atoms with Gasteiger partial charge in [0.2, 0.25) is 12.8 Å². The molecule has 2 aromatic carbocycles. The lowest BCUT2D eigenvalue weighted by Crippen LogP contribution is -2.53. The van der Waals surface area contributed by atoms with Crippen molar-refractivity contribution >= 4 is 23.8 Å². The summed E-state index contributed by atoms with van der Waals surface area (Å²) in [4.78, 5) is 57.7. The smallest absolute Gasteiger partial charge is 0.336 e. The summed E-state index contributed by atoms with van der Waals surface area (Å²) in [5.74, 6) is -3.38. The van der Waals surface area contributed by atoms with Crippen LogP contribution in [0.1, 0.15) is 48.8 Å². The molecule has 2 aliphatic heterocycles. The molecule has 47 heavy (non-hydrogen) atoms. The number of amides is 1. The third-order valence-corrected chi connectivity index (χ3v) is 7.46. The molecule has 0 aliphatic carbocycles. The second-order valence-electron chi connectivity index (χ2n) is 11.4. The van der Waals surface area contributed by atoms with Crippen molar-refractivity contribution in [2.24, 2.45) is 11.8 Å². The maximum atomic E-state index is 13.8. The zero-order valence-electron chi connectivity index (χ0n) is 26.4. The summed E-state index contributed by atoms with van der Waals surface area (Å²) >= 11 is 0. The lowest BCUT2D eigenvalue weighted by Gasteiger charge is -2.26. The number of hydrogen-bond donors (Lipinski definition) is 1. The van der Waals surface area contributed by atoms with Gasteiger partial charge in [-0.25, -0.2) is 9.78 Å². The van der Waals surface area contributed by atoms with Gasteiger partial charge < -0.3 is 38.5 Å². The van der Waals surface area contributed by atoms with Gasteiger partial charge in [-0.2, -0.15) is 0 Å². The Morgan fingerprint density at radius 1 is 0.979 bits per heavy atom. The molecule has 3 aromatic rings. The predicted molar refractivity (Wildman–Crippen MR) is 164 cm³/mol. The highest BCUT2D eigenvalue weighted by molar-refractivity contribution is 5.98. The van der Waals surface area contributed by atoms with Crippen molar-refractivity contribution in [1.29, 1.82) is 0 Å². The molecule has 13 heteroatoms. The third-order valence-electron chi connectivity index (χ3n) is 7.46. The van der Waals surface area contributed by atoms with Crippen molar-refractivity contribution in [1.82, 2.24) is 10.3 Å². The average Bonchev–Trinajstić information content (AvgIpc) is 3.54. The summed E-state index contributed by atoms with van der Waals surface area (Å²) in [6.07, 6.45) is -0.809. The number of esters is 3. The highest BCUT2D eigenvalue weighted by atomic mass is 16.7. The number of fused-ring (bicyclic) bond motifs is 1. The minimum atomic E-state index is -1.83. The van der Waals surface area contributed by atoms with Gasteiger partial charge in [0.15, 0.2) is 28.7 Å². The first-order valence-electron chi connectivity index (χ1n) is 15.1. The van der Waals surface area contributed by atoms with E-state index in [0.717, 1.165) is 5.56 Å². The van der Waals surface area contributed by atoms with E-state index >= 15 is 0 Å². The molecule has 0 spiro atoms. The van der Waals surface area contributed by atoms with Crippen LogP contribution in [0.25, 0.3) is 0 Å². The Kier molecular flexibility index (Phi) is 10.4. The molecule has 4 atom stereocenters. The van der Waals surface area contributed by atoms with Gasteiger partial charge in [-0.05, 0) is 43.0 Å². The number of aromatic nitrogens is 1. The van der Waals surface area contributed by atoms with E-state index in [0.29, 0.717) is 23.5 Å². The van der Waals surface area contributed by atoms with Crippen molar-refractivity contribution in [3.63, 3.8) is 0 Å². The monoisotopic (exact) mass is 648 g/mol. The third kappa shape index (κ3) is 8.10. The summed E-state index contributed by atoms with van der Waals surface area (Å²) in [6, 6.07) is 14.3. The van der Waals surface area contributed by atoms with Crippen molar-refractivity contribution in [3.05, 3.63) is 77.6 Å². The van der Waals surface area contributed by atoms with E-state index < -0.39 is 54.1 Å². The summed E-state index contributed by atoms with van der Waals surface area (Å²) in [6.45, 7) is 4.90. The van der Waals surface area contributed by atoms with Gasteiger partial charge in [-0.3, -0.25) is 14.4 Å². The largest absolute Gasteiger partial charge is 0.493 e. The second-order valence-corrected chi connectivity index (χ2v) is 11.4. The van der Waals surface area contributed by atoms with Crippen LogP contribution in [0.3, 0.4) is 0 Å². The van der Waals surface area contributed by atoms with Crippen molar-refractivity contribution < 1.29 is 52.3 Å². The summed E-state index contributed by atoms with van der Waals surface area (Å²) in [5.41, 5.74) is 1.33. The SMILES string of the molecule is COc1ccnc(C(=O)N[C@@H]2C(=O)O[C@@H](C)C[C@@H](Cc3ccccc3)C(=O)OC2OC(=O)C(C)C)c1OCc1ccc2c(c1)OCO2. The molecular formula is C34H36N2O11. The standard InChI is InChI=1S/C34H36N2O11/c1-19(2)31(38)46-34-28(33(40)45-20(3)14-23(32(39)47-34)15-21-8-6-5-7-9-21)36-30(37)27-29(25(41-4)12-13-35-27)42-17-22-10-11-24-26(16-22)44-18-43-24/h5-13,16,19-20,23,28,34H,14-15,17-18H2,1-4H3,(H,36,37)/t20-,23-,28+,34?/m0/s1. The van der Waals surface area contributed by atoms with E-state index in [4.69, 9.17) is 33.2 Å². The fourth-order valence-electron chi connectivity index (χ4n) is 5.03. The zero-order chi connectivity index (χ0) is 33.5. The molecule has 1 aromatic heterocycles. The molecule has 5 rings (SSSR count). The van der Waals surface area contributed by atoms with Gasteiger partial charge in [0.05, 0.1) is 25.0 Å². The molecule has 0 bridgehead atoms. The molecule has 1 fully saturated rings. The second kappa shape index (κ2) is 14.8. The van der Waals surface area contributed by atoms with Gasteiger partial charge >= 0.3 is 17.9 Å². The van der Waals surface area contributed by atoms with Crippen molar-refractivity contribution in [2.45, 2.75) is 58.7 Å². The number of hydrogen-bond acceptors (Lipinski definition) is 12. The summed E-state index contributed by atoms with van der Waals surface area (Å²) in [7, 11) is 1.40. The van der Waals surface area contributed by atoms with Gasteiger partial charge in [-0.15, -0.1) is 0 Å². The number of carbonyl (C=O) groups excluding carboxylic acids is 4. The lowest BCUT2D eigenvalue weighted by atomic mass is 9.94. The quantitative estimate of drug-likeness (QED) is 0.318. The van der Waals surface area contributed by atoms with Crippen LogP contribution in [0.15, 0.2) is 60.8 Å². The highest BCUT2D eigenvalue weighted by Crippen LogP contribution is 2.34. The summed E-state index contributed by atoms with van der Waals surface area (Å²) in [5, 5.41) is 2.50. The maximum Gasteiger partial charge on any atom is 0.336 e. The van der Waals surface area contributed by atoms with Gasteiger partial charge in [0.25, 0.3) is 12.2 Å². The molecule has 13 nitrogen and oxygen atoms in total. The number of rotatable bonds is 10.